The molecule has 1 aromatic rings. The molecule has 150 valence electrons. The highest BCUT2D eigenvalue weighted by Crippen LogP contribution is 2.19. The van der Waals surface area contributed by atoms with Crippen molar-refractivity contribution in [1.29, 1.82) is 0 Å². The number of ether oxygens (including phenoxy) is 2. The van der Waals surface area contributed by atoms with Gasteiger partial charge < -0.3 is 19.5 Å². The molecule has 1 N–H and O–H groups in total. The van der Waals surface area contributed by atoms with Crippen molar-refractivity contribution in [2.45, 2.75) is 31.7 Å². The van der Waals surface area contributed by atoms with Gasteiger partial charge >= 0.3 is 5.97 Å². The third-order valence-corrected chi connectivity index (χ3v) is 4.86. The lowest BCUT2D eigenvalue weighted by Gasteiger charge is -2.25. The summed E-state index contributed by atoms with van der Waals surface area (Å²) >= 11 is 0. The highest BCUT2D eigenvalue weighted by Gasteiger charge is 2.24. The van der Waals surface area contributed by atoms with Gasteiger partial charge in [-0.05, 0) is 50.6 Å². The third-order valence-electron chi connectivity index (χ3n) is 4.86. The van der Waals surface area contributed by atoms with Crippen molar-refractivity contribution in [3.63, 3.8) is 0 Å². The summed E-state index contributed by atoms with van der Waals surface area (Å²) in [6.07, 6.45) is 3.39. The third kappa shape index (κ3) is 6.84. The molecule has 2 rings (SSSR count). The Hall–Kier alpha value is -2.12. The summed E-state index contributed by atoms with van der Waals surface area (Å²) < 4.78 is 10.6. The fourth-order valence-corrected chi connectivity index (χ4v) is 3.33. The van der Waals surface area contributed by atoms with Gasteiger partial charge in [-0.25, -0.2) is 0 Å². The summed E-state index contributed by atoms with van der Waals surface area (Å²) in [5.74, 6) is -0.0597. The minimum Gasteiger partial charge on any atom is -0.494 e. The van der Waals surface area contributed by atoms with Crippen molar-refractivity contribution < 1.29 is 24.2 Å². The summed E-state index contributed by atoms with van der Waals surface area (Å²) in [6.45, 7) is 2.62. The minimum absolute atomic E-state index is 0.0162. The molecule has 1 fully saturated rings. The molecule has 1 aromatic carbocycles. The van der Waals surface area contributed by atoms with Crippen LogP contribution >= 0.6 is 0 Å². The Labute approximate surface area is 160 Å². The predicted molar refractivity (Wildman–Crippen MR) is 102 cm³/mol. The lowest BCUT2D eigenvalue weighted by atomic mass is 10.1. The fourth-order valence-electron chi connectivity index (χ4n) is 3.33. The second kappa shape index (κ2) is 10.9. The van der Waals surface area contributed by atoms with E-state index >= 15 is 0 Å². The van der Waals surface area contributed by atoms with Gasteiger partial charge in [-0.3, -0.25) is 14.5 Å². The van der Waals surface area contributed by atoms with E-state index in [0.29, 0.717) is 31.9 Å². The number of hydrogen-bond acceptors (Lipinski definition) is 5. The van der Waals surface area contributed by atoms with E-state index in [-0.39, 0.29) is 18.5 Å². The van der Waals surface area contributed by atoms with E-state index in [2.05, 4.69) is 0 Å². The molecule has 1 aliphatic heterocycles. The van der Waals surface area contributed by atoms with E-state index in [0.717, 1.165) is 31.4 Å². The van der Waals surface area contributed by atoms with Crippen LogP contribution in [-0.2, 0) is 9.53 Å². The van der Waals surface area contributed by atoms with Crippen molar-refractivity contribution in [3.8, 4) is 5.75 Å². The summed E-state index contributed by atoms with van der Waals surface area (Å²) in [7, 11) is 3.50. The molecule has 7 heteroatoms. The number of benzene rings is 1. The second-order valence-electron chi connectivity index (χ2n) is 6.90. The second-order valence-corrected chi connectivity index (χ2v) is 6.90. The number of aliphatic carboxylic acids is 1. The highest BCUT2D eigenvalue weighted by molar-refractivity contribution is 5.94. The number of rotatable bonds is 9. The van der Waals surface area contributed by atoms with Crippen LogP contribution in [0.1, 0.15) is 36.0 Å². The van der Waals surface area contributed by atoms with E-state index in [1.807, 2.05) is 29.0 Å². The first-order valence-corrected chi connectivity index (χ1v) is 9.44. The number of carbonyl (C=O) groups is 2. The van der Waals surface area contributed by atoms with Crippen LogP contribution in [0.2, 0.25) is 0 Å². The maximum Gasteiger partial charge on any atom is 0.317 e. The number of carboxylic acid groups (broad SMARTS) is 1. The van der Waals surface area contributed by atoms with Crippen LogP contribution in [0, 0.1) is 0 Å². The normalized spacial score (nSPS) is 17.6. The largest absolute Gasteiger partial charge is 0.494 e. The molecule has 1 saturated heterocycles. The van der Waals surface area contributed by atoms with Crippen LogP contribution in [-0.4, -0.2) is 79.8 Å². The zero-order chi connectivity index (χ0) is 19.6. The number of likely N-dealkylation sites (tertiary alicyclic amines) is 1. The number of amides is 1. The monoisotopic (exact) mass is 378 g/mol. The fraction of sp³-hybridized carbons (Fsp3) is 0.600. The maximum absolute atomic E-state index is 12.8. The van der Waals surface area contributed by atoms with Gasteiger partial charge in [0, 0.05) is 44.8 Å². The molecule has 0 aliphatic carbocycles. The van der Waals surface area contributed by atoms with Crippen LogP contribution in [0.4, 0.5) is 0 Å². The van der Waals surface area contributed by atoms with Crippen molar-refractivity contribution in [3.05, 3.63) is 29.8 Å². The van der Waals surface area contributed by atoms with E-state index in [1.54, 1.807) is 19.2 Å². The van der Waals surface area contributed by atoms with Crippen molar-refractivity contribution >= 4 is 11.9 Å². The molecule has 1 unspecified atom stereocenters. The van der Waals surface area contributed by atoms with Crippen LogP contribution in [0.25, 0.3) is 0 Å². The molecule has 1 atom stereocenters. The molecule has 0 aromatic heterocycles. The van der Waals surface area contributed by atoms with Crippen molar-refractivity contribution in [2.75, 3.05) is 47.0 Å². The highest BCUT2D eigenvalue weighted by atomic mass is 16.5. The van der Waals surface area contributed by atoms with Crippen molar-refractivity contribution in [2.24, 2.45) is 0 Å². The van der Waals surface area contributed by atoms with Gasteiger partial charge in [-0.1, -0.05) is 0 Å². The average molecular weight is 378 g/mol. The lowest BCUT2D eigenvalue weighted by Crippen LogP contribution is -2.37. The van der Waals surface area contributed by atoms with E-state index in [4.69, 9.17) is 14.6 Å². The van der Waals surface area contributed by atoms with Crippen LogP contribution in [0.15, 0.2) is 24.3 Å². The van der Waals surface area contributed by atoms with Crippen LogP contribution < -0.4 is 4.74 Å². The molecular formula is C20H30N2O5. The zero-order valence-corrected chi connectivity index (χ0v) is 16.2. The number of carbonyl (C=O) groups excluding carboxylic acids is 1. The molecule has 1 aliphatic rings. The molecular weight excluding hydrogens is 348 g/mol. The summed E-state index contributed by atoms with van der Waals surface area (Å²) in [5, 5.41) is 8.95. The minimum atomic E-state index is -0.820. The first-order chi connectivity index (χ1) is 13.0. The molecule has 1 heterocycles. The van der Waals surface area contributed by atoms with Gasteiger partial charge in [0.05, 0.1) is 13.2 Å². The molecule has 27 heavy (non-hydrogen) atoms. The van der Waals surface area contributed by atoms with Gasteiger partial charge in [0.1, 0.15) is 5.75 Å². The Bertz CT molecular complexity index is 605. The SMILES string of the molecule is COCCCOc1ccc(C(=O)N2CCCC(N(C)CC(=O)O)CC2)cc1. The summed E-state index contributed by atoms with van der Waals surface area (Å²) in [6, 6.07) is 7.43. The predicted octanol–water partition coefficient (Wildman–Crippen LogP) is 2.11. The number of carboxylic acids is 1. The van der Waals surface area contributed by atoms with Gasteiger partial charge in [-0.15, -0.1) is 0 Å². The summed E-state index contributed by atoms with van der Waals surface area (Å²) in [4.78, 5) is 27.4. The quantitative estimate of drug-likeness (QED) is 0.663. The molecule has 7 nitrogen and oxygen atoms in total. The Morgan fingerprint density at radius 2 is 1.93 bits per heavy atom. The zero-order valence-electron chi connectivity index (χ0n) is 16.2. The topological polar surface area (TPSA) is 79.3 Å². The van der Waals surface area contributed by atoms with Gasteiger partial charge in [0.25, 0.3) is 5.91 Å². The Kier molecular flexibility index (Phi) is 8.54. The summed E-state index contributed by atoms with van der Waals surface area (Å²) in [5.41, 5.74) is 0.650. The Morgan fingerprint density at radius 3 is 2.59 bits per heavy atom. The molecule has 0 spiro atoms. The maximum atomic E-state index is 12.8. The number of likely N-dealkylation sites (N-methyl/N-ethyl adjacent to an activating group) is 1. The first kappa shape index (κ1) is 21.2. The number of methoxy groups -OCH3 is 1. The number of nitrogens with zero attached hydrogens (tertiary/aromatic N) is 2. The smallest absolute Gasteiger partial charge is 0.317 e. The van der Waals surface area contributed by atoms with E-state index < -0.39 is 5.97 Å². The van der Waals surface area contributed by atoms with E-state index in [9.17, 15) is 9.59 Å². The van der Waals surface area contributed by atoms with Gasteiger partial charge in [-0.2, -0.15) is 0 Å². The molecule has 0 radical (unpaired) electrons. The van der Waals surface area contributed by atoms with E-state index in [1.165, 1.54) is 0 Å². The number of hydrogen-bond donors (Lipinski definition) is 1. The van der Waals surface area contributed by atoms with Crippen LogP contribution in [0.3, 0.4) is 0 Å². The average Bonchev–Trinajstić information content (AvgIpc) is 2.91. The lowest BCUT2D eigenvalue weighted by molar-refractivity contribution is -0.138. The standard InChI is InChI=1S/C20H30N2O5/c1-21(15-19(23)24)17-5-3-11-22(12-10-17)20(25)16-6-8-18(9-7-16)27-14-4-13-26-2/h6-9,17H,3-5,10-15H2,1-2H3,(H,23,24). The van der Waals surface area contributed by atoms with Crippen LogP contribution in [0.5, 0.6) is 5.75 Å². The van der Waals surface area contributed by atoms with Gasteiger partial charge in [0.15, 0.2) is 0 Å². The van der Waals surface area contributed by atoms with Gasteiger partial charge in [0.2, 0.25) is 0 Å². The first-order valence-electron chi connectivity index (χ1n) is 9.44. The molecule has 0 bridgehead atoms. The van der Waals surface area contributed by atoms with Crippen molar-refractivity contribution in [1.82, 2.24) is 9.80 Å². The molecule has 0 saturated carbocycles. The Morgan fingerprint density at radius 1 is 1.19 bits per heavy atom. The molecule has 1 amide bonds. The Balaban J connectivity index is 1.87.